The van der Waals surface area contributed by atoms with Crippen molar-refractivity contribution in [1.29, 1.82) is 5.41 Å². The van der Waals surface area contributed by atoms with Gasteiger partial charge < -0.3 is 11.1 Å². The van der Waals surface area contributed by atoms with E-state index in [1.165, 1.54) is 5.56 Å². The molecule has 1 aromatic heterocycles. The molecular formula is C27H32N4O. The van der Waals surface area contributed by atoms with Crippen LogP contribution in [-0.4, -0.2) is 16.6 Å². The molecule has 0 radical (unpaired) electrons. The van der Waals surface area contributed by atoms with Gasteiger partial charge >= 0.3 is 0 Å². The van der Waals surface area contributed by atoms with Gasteiger partial charge in [-0.1, -0.05) is 57.5 Å². The number of hydrogen-bond donors (Lipinski definition) is 3. The molecule has 1 heterocycles. The first-order chi connectivity index (χ1) is 15.4. The minimum atomic E-state index is -0.200. The zero-order valence-electron chi connectivity index (χ0n) is 19.1. The van der Waals surface area contributed by atoms with Gasteiger partial charge in [0.15, 0.2) is 0 Å². The summed E-state index contributed by atoms with van der Waals surface area (Å²) in [7, 11) is 0. The highest BCUT2D eigenvalue weighted by Crippen LogP contribution is 2.22. The SMILES string of the molecule is CCCc1ccc(C(=N)c2cc(C(=O)NC(CC(C)C)c3ccccn3)ccc2N)cc1. The van der Waals surface area contributed by atoms with Gasteiger partial charge in [0.05, 0.1) is 17.4 Å². The highest BCUT2D eigenvalue weighted by molar-refractivity contribution is 6.14. The Kier molecular flexibility index (Phi) is 7.77. The van der Waals surface area contributed by atoms with E-state index in [-0.39, 0.29) is 11.9 Å². The number of nitrogens with one attached hydrogen (secondary N) is 2. The molecular weight excluding hydrogens is 396 g/mol. The van der Waals surface area contributed by atoms with Crippen LogP contribution in [0.4, 0.5) is 5.69 Å². The van der Waals surface area contributed by atoms with Crippen LogP contribution in [0.3, 0.4) is 0 Å². The molecule has 5 nitrogen and oxygen atoms in total. The molecule has 0 bridgehead atoms. The van der Waals surface area contributed by atoms with Gasteiger partial charge in [-0.3, -0.25) is 15.2 Å². The second kappa shape index (κ2) is 10.7. The average molecular weight is 429 g/mol. The van der Waals surface area contributed by atoms with Crippen molar-refractivity contribution in [3.05, 3.63) is 94.8 Å². The highest BCUT2D eigenvalue weighted by Gasteiger charge is 2.19. The topological polar surface area (TPSA) is 91.9 Å². The fourth-order valence-electron chi connectivity index (χ4n) is 3.74. The average Bonchev–Trinajstić information content (AvgIpc) is 2.79. The highest BCUT2D eigenvalue weighted by atomic mass is 16.1. The Morgan fingerprint density at radius 2 is 1.78 bits per heavy atom. The maximum absolute atomic E-state index is 13.1. The Morgan fingerprint density at radius 1 is 1.06 bits per heavy atom. The molecule has 0 saturated heterocycles. The Bertz CT molecular complexity index is 1060. The number of pyridine rings is 1. The number of nitrogens with zero attached hydrogens (tertiary/aromatic N) is 1. The lowest BCUT2D eigenvalue weighted by Crippen LogP contribution is -2.30. The van der Waals surface area contributed by atoms with Crippen LogP contribution in [0.5, 0.6) is 0 Å². The molecule has 1 unspecified atom stereocenters. The first-order valence-corrected chi connectivity index (χ1v) is 11.2. The molecule has 0 aliphatic carbocycles. The molecule has 166 valence electrons. The summed E-state index contributed by atoms with van der Waals surface area (Å²) in [6, 6.07) is 18.6. The third-order valence-corrected chi connectivity index (χ3v) is 5.42. The van der Waals surface area contributed by atoms with E-state index in [0.717, 1.165) is 30.5 Å². The standard InChI is InChI=1S/C27H32N4O/c1-4-7-19-9-11-20(12-10-19)26(29)22-17-21(13-14-23(22)28)27(32)31-25(16-18(2)3)24-8-5-6-15-30-24/h5-6,8-15,17-18,25,29H,4,7,16,28H2,1-3H3,(H,31,32). The van der Waals surface area contributed by atoms with Crippen LogP contribution in [0.2, 0.25) is 0 Å². The van der Waals surface area contributed by atoms with E-state index in [0.29, 0.717) is 28.4 Å². The molecule has 4 N–H and O–H groups in total. The molecule has 3 aromatic rings. The molecule has 0 aliphatic rings. The Hall–Kier alpha value is -3.47. The zero-order valence-corrected chi connectivity index (χ0v) is 19.1. The fourth-order valence-corrected chi connectivity index (χ4v) is 3.74. The van der Waals surface area contributed by atoms with Crippen LogP contribution in [0, 0.1) is 11.3 Å². The summed E-state index contributed by atoms with van der Waals surface area (Å²) in [5.41, 5.74) is 10.9. The first-order valence-electron chi connectivity index (χ1n) is 11.2. The number of amides is 1. The normalized spacial score (nSPS) is 11.9. The van der Waals surface area contributed by atoms with E-state index in [4.69, 9.17) is 11.1 Å². The van der Waals surface area contributed by atoms with Gasteiger partial charge in [-0.2, -0.15) is 0 Å². The minimum absolute atomic E-state index is 0.185. The largest absolute Gasteiger partial charge is 0.398 e. The number of aryl methyl sites for hydroxylation is 1. The molecule has 32 heavy (non-hydrogen) atoms. The maximum Gasteiger partial charge on any atom is 0.251 e. The number of carbonyl (C=O) groups excluding carboxylic acids is 1. The van der Waals surface area contributed by atoms with Gasteiger partial charge in [-0.15, -0.1) is 0 Å². The first kappa shape index (κ1) is 23.2. The Balaban J connectivity index is 1.83. The predicted molar refractivity (Wildman–Crippen MR) is 131 cm³/mol. The van der Waals surface area contributed by atoms with Crippen molar-refractivity contribution in [2.24, 2.45) is 5.92 Å². The summed E-state index contributed by atoms with van der Waals surface area (Å²) in [6.45, 7) is 6.39. The molecule has 0 fully saturated rings. The van der Waals surface area contributed by atoms with Crippen molar-refractivity contribution in [2.45, 2.75) is 46.1 Å². The number of aromatic nitrogens is 1. The summed E-state index contributed by atoms with van der Waals surface area (Å²) in [5.74, 6) is 0.196. The van der Waals surface area contributed by atoms with Crippen molar-refractivity contribution in [3.63, 3.8) is 0 Å². The lowest BCUT2D eigenvalue weighted by atomic mass is 9.96. The van der Waals surface area contributed by atoms with Crippen molar-refractivity contribution in [3.8, 4) is 0 Å². The van der Waals surface area contributed by atoms with Gasteiger partial charge in [0.1, 0.15) is 0 Å². The number of anilines is 1. The molecule has 3 rings (SSSR count). The minimum Gasteiger partial charge on any atom is -0.398 e. The van der Waals surface area contributed by atoms with Gasteiger partial charge in [0, 0.05) is 28.6 Å². The lowest BCUT2D eigenvalue weighted by molar-refractivity contribution is 0.0931. The van der Waals surface area contributed by atoms with E-state index in [1.54, 1.807) is 24.4 Å². The van der Waals surface area contributed by atoms with Crippen molar-refractivity contribution < 1.29 is 4.79 Å². The number of nitrogens with two attached hydrogens (primary N) is 1. The van der Waals surface area contributed by atoms with Crippen LogP contribution in [0.15, 0.2) is 66.9 Å². The number of hydrogen-bond acceptors (Lipinski definition) is 4. The third-order valence-electron chi connectivity index (χ3n) is 5.42. The Labute approximate surface area is 190 Å². The molecule has 2 aromatic carbocycles. The summed E-state index contributed by atoms with van der Waals surface area (Å²) >= 11 is 0. The smallest absolute Gasteiger partial charge is 0.251 e. The molecule has 0 aliphatic heterocycles. The van der Waals surface area contributed by atoms with E-state index in [2.05, 4.69) is 31.1 Å². The van der Waals surface area contributed by atoms with Crippen LogP contribution in [0.1, 0.15) is 72.4 Å². The van der Waals surface area contributed by atoms with Crippen molar-refractivity contribution in [1.82, 2.24) is 10.3 Å². The third kappa shape index (κ3) is 5.82. The van der Waals surface area contributed by atoms with Gasteiger partial charge in [0.25, 0.3) is 5.91 Å². The zero-order chi connectivity index (χ0) is 23.1. The second-order valence-corrected chi connectivity index (χ2v) is 8.53. The molecule has 0 saturated carbocycles. The summed E-state index contributed by atoms with van der Waals surface area (Å²) in [5, 5.41) is 11.8. The van der Waals surface area contributed by atoms with Crippen molar-refractivity contribution in [2.75, 3.05) is 5.73 Å². The molecule has 1 amide bonds. The monoisotopic (exact) mass is 428 g/mol. The number of nitrogen functional groups attached to an aromatic ring is 1. The lowest BCUT2D eigenvalue weighted by Gasteiger charge is -2.20. The van der Waals surface area contributed by atoms with Crippen molar-refractivity contribution >= 4 is 17.3 Å². The maximum atomic E-state index is 13.1. The van der Waals surface area contributed by atoms with Crippen LogP contribution >= 0.6 is 0 Å². The number of rotatable bonds is 9. The van der Waals surface area contributed by atoms with E-state index in [9.17, 15) is 4.79 Å². The van der Waals surface area contributed by atoms with Gasteiger partial charge in [-0.25, -0.2) is 0 Å². The van der Waals surface area contributed by atoms with Crippen LogP contribution in [0.25, 0.3) is 0 Å². The second-order valence-electron chi connectivity index (χ2n) is 8.53. The summed E-state index contributed by atoms with van der Waals surface area (Å²) < 4.78 is 0. The van der Waals surface area contributed by atoms with E-state index in [1.807, 2.05) is 42.5 Å². The molecule has 1 atom stereocenters. The molecule has 5 heteroatoms. The summed E-state index contributed by atoms with van der Waals surface area (Å²) in [4.78, 5) is 17.5. The van der Waals surface area contributed by atoms with Gasteiger partial charge in [0.2, 0.25) is 0 Å². The molecule has 0 spiro atoms. The van der Waals surface area contributed by atoms with Crippen LogP contribution in [-0.2, 0) is 6.42 Å². The number of benzene rings is 2. The summed E-state index contributed by atoms with van der Waals surface area (Å²) in [6.07, 6.45) is 4.62. The van der Waals surface area contributed by atoms with E-state index >= 15 is 0 Å². The van der Waals surface area contributed by atoms with E-state index < -0.39 is 0 Å². The Morgan fingerprint density at radius 3 is 2.41 bits per heavy atom. The van der Waals surface area contributed by atoms with Crippen LogP contribution < -0.4 is 11.1 Å². The quantitative estimate of drug-likeness (QED) is 0.308. The predicted octanol–water partition coefficient (Wildman–Crippen LogP) is 5.55. The number of carbonyl (C=O) groups is 1. The van der Waals surface area contributed by atoms with Gasteiger partial charge in [-0.05, 0) is 54.7 Å². The fraction of sp³-hybridized carbons (Fsp3) is 0.296.